The Bertz CT molecular complexity index is 554. The van der Waals surface area contributed by atoms with Crippen molar-refractivity contribution < 1.29 is 8.63 Å². The molecule has 0 amide bonds. The van der Waals surface area contributed by atoms with Gasteiger partial charge in [-0.05, 0) is 68.1 Å². The fraction of sp³-hybridized carbons (Fsp3) is 0.647. The molecule has 0 heterocycles. The lowest BCUT2D eigenvalue weighted by atomic mass is 10.00. The van der Waals surface area contributed by atoms with Gasteiger partial charge in [0.2, 0.25) is 0 Å². The van der Waals surface area contributed by atoms with Crippen LogP contribution in [0, 0.1) is 27.7 Å². The molecular weight excluding hydrogens is 296 g/mol. The lowest BCUT2D eigenvalue weighted by Gasteiger charge is -2.38. The van der Waals surface area contributed by atoms with Gasteiger partial charge in [0.05, 0.1) is 10.8 Å². The lowest BCUT2D eigenvalue weighted by molar-refractivity contribution is 0.484. The molecule has 0 fully saturated rings. The molecule has 0 bridgehead atoms. The molecule has 1 atom stereocenters. The molecule has 4 heteroatoms. The van der Waals surface area contributed by atoms with Crippen molar-refractivity contribution in [1.29, 1.82) is 0 Å². The van der Waals surface area contributed by atoms with Crippen molar-refractivity contribution in [3.8, 4) is 5.75 Å². The number of rotatable bonds is 3. The largest absolute Gasteiger partial charge is 0.543 e. The zero-order valence-electron chi connectivity index (χ0n) is 15.2. The van der Waals surface area contributed by atoms with Gasteiger partial charge in [-0.3, -0.25) is 4.21 Å². The summed E-state index contributed by atoms with van der Waals surface area (Å²) in [5.74, 6) is 1.01. The van der Waals surface area contributed by atoms with Crippen LogP contribution >= 0.6 is 0 Å². The van der Waals surface area contributed by atoms with Gasteiger partial charge in [0.1, 0.15) is 5.75 Å². The SMILES string of the molecule is Cc1c(C)c(S(C)=O)c(C)c(C)c1O[Si](C)(C)C(C)(C)C. The Hall–Kier alpha value is -0.613. The molecule has 0 N–H and O–H groups in total. The van der Waals surface area contributed by atoms with Crippen molar-refractivity contribution in [2.75, 3.05) is 6.26 Å². The summed E-state index contributed by atoms with van der Waals surface area (Å²) in [5.41, 5.74) is 4.47. The first-order valence-corrected chi connectivity index (χ1v) is 11.9. The van der Waals surface area contributed by atoms with Crippen molar-refractivity contribution in [2.45, 2.75) is 71.5 Å². The van der Waals surface area contributed by atoms with Crippen LogP contribution in [0.25, 0.3) is 0 Å². The predicted molar refractivity (Wildman–Crippen MR) is 95.5 cm³/mol. The summed E-state index contributed by atoms with van der Waals surface area (Å²) in [6.07, 6.45) is 1.75. The van der Waals surface area contributed by atoms with E-state index in [9.17, 15) is 4.21 Å². The number of benzene rings is 1. The van der Waals surface area contributed by atoms with E-state index in [1.54, 1.807) is 6.26 Å². The second-order valence-electron chi connectivity index (χ2n) is 7.47. The van der Waals surface area contributed by atoms with Gasteiger partial charge in [0, 0.05) is 11.2 Å². The zero-order valence-corrected chi connectivity index (χ0v) is 17.0. The normalized spacial score (nSPS) is 14.2. The molecule has 120 valence electrons. The van der Waals surface area contributed by atoms with E-state index < -0.39 is 19.1 Å². The average Bonchev–Trinajstić information content (AvgIpc) is 2.30. The third-order valence-corrected chi connectivity index (χ3v) is 10.5. The van der Waals surface area contributed by atoms with Gasteiger partial charge in [-0.25, -0.2) is 0 Å². The van der Waals surface area contributed by atoms with Crippen LogP contribution in [0.3, 0.4) is 0 Å². The minimum Gasteiger partial charge on any atom is -0.543 e. The highest BCUT2D eigenvalue weighted by atomic mass is 32.2. The van der Waals surface area contributed by atoms with Gasteiger partial charge in [0.25, 0.3) is 8.32 Å². The highest BCUT2D eigenvalue weighted by Crippen LogP contribution is 2.41. The van der Waals surface area contributed by atoms with E-state index in [-0.39, 0.29) is 5.04 Å². The van der Waals surface area contributed by atoms with Crippen molar-refractivity contribution in [1.82, 2.24) is 0 Å². The minimum absolute atomic E-state index is 0.167. The summed E-state index contributed by atoms with van der Waals surface area (Å²) in [6, 6.07) is 0. The lowest BCUT2D eigenvalue weighted by Crippen LogP contribution is -2.44. The van der Waals surface area contributed by atoms with Gasteiger partial charge in [0.15, 0.2) is 0 Å². The summed E-state index contributed by atoms with van der Waals surface area (Å²) in [7, 11) is -2.84. The maximum Gasteiger partial charge on any atom is 0.250 e. The predicted octanol–water partition coefficient (Wildman–Crippen LogP) is 5.04. The first-order chi connectivity index (χ1) is 9.31. The van der Waals surface area contributed by atoms with Gasteiger partial charge in [-0.2, -0.15) is 0 Å². The molecule has 0 saturated carbocycles. The van der Waals surface area contributed by atoms with E-state index in [0.29, 0.717) is 0 Å². The average molecular weight is 327 g/mol. The molecule has 0 spiro atoms. The van der Waals surface area contributed by atoms with Crippen molar-refractivity contribution in [2.24, 2.45) is 0 Å². The highest BCUT2D eigenvalue weighted by Gasteiger charge is 2.39. The van der Waals surface area contributed by atoms with E-state index >= 15 is 0 Å². The van der Waals surface area contributed by atoms with Crippen LogP contribution in [0.2, 0.25) is 18.1 Å². The van der Waals surface area contributed by atoms with E-state index in [4.69, 9.17) is 4.43 Å². The Kier molecular flexibility index (Phi) is 5.16. The monoisotopic (exact) mass is 326 g/mol. The Balaban J connectivity index is 3.51. The fourth-order valence-electron chi connectivity index (χ4n) is 2.24. The summed E-state index contributed by atoms with van der Waals surface area (Å²) in [4.78, 5) is 0.965. The van der Waals surface area contributed by atoms with Gasteiger partial charge >= 0.3 is 0 Å². The van der Waals surface area contributed by atoms with Gasteiger partial charge in [-0.1, -0.05) is 20.8 Å². The summed E-state index contributed by atoms with van der Waals surface area (Å²) >= 11 is 0. The van der Waals surface area contributed by atoms with Crippen LogP contribution in [0.4, 0.5) is 0 Å². The van der Waals surface area contributed by atoms with E-state index in [0.717, 1.165) is 32.9 Å². The van der Waals surface area contributed by atoms with E-state index in [2.05, 4.69) is 61.6 Å². The number of hydrogen-bond acceptors (Lipinski definition) is 2. The molecule has 21 heavy (non-hydrogen) atoms. The Morgan fingerprint density at radius 2 is 1.29 bits per heavy atom. The Labute approximate surface area is 133 Å². The van der Waals surface area contributed by atoms with Crippen LogP contribution in [0.5, 0.6) is 5.75 Å². The smallest absolute Gasteiger partial charge is 0.250 e. The molecule has 1 rings (SSSR count). The first-order valence-electron chi connectivity index (χ1n) is 7.44. The second kappa shape index (κ2) is 5.88. The summed E-state index contributed by atoms with van der Waals surface area (Å²) < 4.78 is 18.6. The van der Waals surface area contributed by atoms with Crippen LogP contribution in [-0.4, -0.2) is 18.8 Å². The Morgan fingerprint density at radius 1 is 0.905 bits per heavy atom. The molecule has 0 aromatic heterocycles. The molecular formula is C17H30O2SSi. The molecule has 0 saturated heterocycles. The van der Waals surface area contributed by atoms with Gasteiger partial charge in [-0.15, -0.1) is 0 Å². The quantitative estimate of drug-likeness (QED) is 0.727. The molecule has 1 aromatic rings. The summed E-state index contributed by atoms with van der Waals surface area (Å²) in [5, 5.41) is 0.167. The number of hydrogen-bond donors (Lipinski definition) is 0. The fourth-order valence-corrected chi connectivity index (χ4v) is 4.53. The minimum atomic E-state index is -1.87. The molecule has 0 aliphatic carbocycles. The van der Waals surface area contributed by atoms with Crippen LogP contribution < -0.4 is 4.43 Å². The van der Waals surface area contributed by atoms with Crippen LogP contribution in [-0.2, 0) is 10.8 Å². The zero-order chi connectivity index (χ0) is 16.7. The maximum atomic E-state index is 12.0. The molecule has 0 aliphatic rings. The first kappa shape index (κ1) is 18.4. The van der Waals surface area contributed by atoms with E-state index in [1.807, 2.05) is 0 Å². The highest BCUT2D eigenvalue weighted by molar-refractivity contribution is 7.84. The molecule has 1 unspecified atom stereocenters. The third-order valence-electron chi connectivity index (χ3n) is 4.94. The summed E-state index contributed by atoms with van der Waals surface area (Å²) in [6.45, 7) is 19.6. The standard InChI is InChI=1S/C17H30O2SSi/c1-11-13(3)16(20(8)18)14(4)12(2)15(11)19-21(9,10)17(5,6)7/h1-10H3. The Morgan fingerprint density at radius 3 is 1.57 bits per heavy atom. The topological polar surface area (TPSA) is 26.3 Å². The molecule has 0 radical (unpaired) electrons. The van der Waals surface area contributed by atoms with Gasteiger partial charge < -0.3 is 4.43 Å². The van der Waals surface area contributed by atoms with Crippen LogP contribution in [0.15, 0.2) is 4.90 Å². The van der Waals surface area contributed by atoms with Crippen LogP contribution in [0.1, 0.15) is 43.0 Å². The second-order valence-corrected chi connectivity index (χ2v) is 13.5. The third kappa shape index (κ3) is 3.42. The molecule has 1 aromatic carbocycles. The molecule has 2 nitrogen and oxygen atoms in total. The van der Waals surface area contributed by atoms with E-state index in [1.165, 1.54) is 0 Å². The molecule has 0 aliphatic heterocycles. The van der Waals surface area contributed by atoms with Crippen molar-refractivity contribution in [3.63, 3.8) is 0 Å². The van der Waals surface area contributed by atoms with Crippen molar-refractivity contribution in [3.05, 3.63) is 22.3 Å². The van der Waals surface area contributed by atoms with Crippen molar-refractivity contribution >= 4 is 19.1 Å². The maximum absolute atomic E-state index is 12.0.